The summed E-state index contributed by atoms with van der Waals surface area (Å²) in [4.78, 5) is 30.8. The van der Waals surface area contributed by atoms with Crippen LogP contribution in [-0.2, 0) is 20.7 Å². The van der Waals surface area contributed by atoms with E-state index >= 15 is 0 Å². The van der Waals surface area contributed by atoms with Gasteiger partial charge in [0.2, 0.25) is 5.91 Å². The van der Waals surface area contributed by atoms with Gasteiger partial charge in [-0.05, 0) is 67.4 Å². The molecule has 9 heteroatoms. The number of anilines is 2. The van der Waals surface area contributed by atoms with Crippen LogP contribution in [0.3, 0.4) is 0 Å². The Kier molecular flexibility index (Phi) is 9.21. The van der Waals surface area contributed by atoms with Crippen molar-refractivity contribution in [1.29, 1.82) is 0 Å². The van der Waals surface area contributed by atoms with Crippen LogP contribution in [0.1, 0.15) is 38.2 Å². The molecule has 2 aliphatic rings. The van der Waals surface area contributed by atoms with Crippen molar-refractivity contribution >= 4 is 44.9 Å². The SMILES string of the molecule is CCCOC(=O)OCN1C(=O)CCc2ccc(OCCCCN3CCN(c4cccc5sccc45)CC3)cc21. The number of ether oxygens (including phenoxy) is 3. The van der Waals surface area contributed by atoms with Gasteiger partial charge in [0.15, 0.2) is 6.73 Å². The van der Waals surface area contributed by atoms with Crippen molar-refractivity contribution in [2.45, 2.75) is 39.0 Å². The van der Waals surface area contributed by atoms with Crippen molar-refractivity contribution in [2.75, 3.05) is 62.5 Å². The second-order valence-electron chi connectivity index (χ2n) is 9.98. The highest BCUT2D eigenvalue weighted by atomic mass is 32.1. The second-order valence-corrected chi connectivity index (χ2v) is 10.9. The van der Waals surface area contributed by atoms with Gasteiger partial charge in [0, 0.05) is 54.4 Å². The van der Waals surface area contributed by atoms with E-state index in [-0.39, 0.29) is 12.6 Å². The molecule has 3 heterocycles. The van der Waals surface area contributed by atoms with Crippen molar-refractivity contribution in [3.63, 3.8) is 0 Å². The number of carbonyl (C=O) groups excluding carboxylic acids is 2. The Morgan fingerprint density at radius 3 is 2.67 bits per heavy atom. The molecule has 0 aliphatic carbocycles. The van der Waals surface area contributed by atoms with E-state index in [9.17, 15) is 9.59 Å². The predicted molar refractivity (Wildman–Crippen MR) is 155 cm³/mol. The summed E-state index contributed by atoms with van der Waals surface area (Å²) in [5, 5.41) is 3.54. The summed E-state index contributed by atoms with van der Waals surface area (Å²) in [5.41, 5.74) is 3.14. The van der Waals surface area contributed by atoms with Gasteiger partial charge in [-0.15, -0.1) is 11.3 Å². The number of hydrogen-bond acceptors (Lipinski definition) is 8. The van der Waals surface area contributed by atoms with Gasteiger partial charge in [0.1, 0.15) is 5.75 Å². The fourth-order valence-electron chi connectivity index (χ4n) is 5.19. The minimum atomic E-state index is -0.759. The largest absolute Gasteiger partial charge is 0.510 e. The molecule has 0 N–H and O–H groups in total. The number of carbonyl (C=O) groups is 2. The van der Waals surface area contributed by atoms with E-state index in [1.807, 2.05) is 25.1 Å². The predicted octanol–water partition coefficient (Wildman–Crippen LogP) is 5.68. The molecule has 0 spiro atoms. The zero-order valence-electron chi connectivity index (χ0n) is 22.6. The average molecular weight is 552 g/mol. The average Bonchev–Trinajstić information content (AvgIpc) is 3.45. The molecule has 1 saturated heterocycles. The molecule has 1 aromatic heterocycles. The maximum atomic E-state index is 12.5. The van der Waals surface area contributed by atoms with Crippen LogP contribution in [-0.4, -0.2) is 69.6 Å². The Balaban J connectivity index is 1.05. The Hall–Kier alpha value is -3.30. The summed E-state index contributed by atoms with van der Waals surface area (Å²) in [6.07, 6.45) is 3.04. The number of nitrogens with zero attached hydrogens (tertiary/aromatic N) is 3. The van der Waals surface area contributed by atoms with E-state index in [0.29, 0.717) is 32.5 Å². The first-order valence-electron chi connectivity index (χ1n) is 13.9. The monoisotopic (exact) mass is 551 g/mol. The molecule has 1 amide bonds. The number of unbranched alkanes of at least 4 members (excludes halogenated alkanes) is 1. The van der Waals surface area contributed by atoms with Gasteiger partial charge < -0.3 is 19.1 Å². The lowest BCUT2D eigenvalue weighted by Gasteiger charge is -2.36. The number of amides is 1. The van der Waals surface area contributed by atoms with Gasteiger partial charge in [-0.3, -0.25) is 14.6 Å². The van der Waals surface area contributed by atoms with Crippen LogP contribution in [0.4, 0.5) is 16.2 Å². The van der Waals surface area contributed by atoms with E-state index in [2.05, 4.69) is 39.4 Å². The van der Waals surface area contributed by atoms with Gasteiger partial charge in [0.25, 0.3) is 0 Å². The first-order chi connectivity index (χ1) is 19.1. The Bertz CT molecular complexity index is 1270. The highest BCUT2D eigenvalue weighted by Gasteiger charge is 2.26. The van der Waals surface area contributed by atoms with Gasteiger partial charge >= 0.3 is 6.16 Å². The van der Waals surface area contributed by atoms with Crippen LogP contribution in [0.15, 0.2) is 47.8 Å². The number of aryl methyl sites for hydroxylation is 1. The molecule has 39 heavy (non-hydrogen) atoms. The molecule has 1 fully saturated rings. The van der Waals surface area contributed by atoms with Crippen LogP contribution < -0.4 is 14.5 Å². The summed E-state index contributed by atoms with van der Waals surface area (Å²) in [6, 6.07) is 14.7. The standard InChI is InChI=1S/C30H37N3O5S/c1-2-18-37-30(35)38-22-33-27-21-24(10-8-23(27)9-11-29(33)34)36-19-4-3-13-31-14-16-32(17-15-31)26-6-5-7-28-25(26)12-20-39-28/h5-8,10,12,20-21H,2-4,9,11,13-19,22H2,1H3. The Morgan fingerprint density at radius 1 is 0.949 bits per heavy atom. The molecule has 208 valence electrons. The maximum Gasteiger partial charge on any atom is 0.510 e. The smallest absolute Gasteiger partial charge is 0.494 e. The number of thiophene rings is 1. The van der Waals surface area contributed by atoms with Crippen molar-refractivity contribution < 1.29 is 23.8 Å². The van der Waals surface area contributed by atoms with Crippen molar-refractivity contribution in [3.05, 3.63) is 53.4 Å². The van der Waals surface area contributed by atoms with Crippen LogP contribution in [0.2, 0.25) is 0 Å². The summed E-state index contributed by atoms with van der Waals surface area (Å²) in [6.45, 7) is 7.98. The third-order valence-corrected chi connectivity index (χ3v) is 8.20. The molecular weight excluding hydrogens is 514 g/mol. The number of fused-ring (bicyclic) bond motifs is 2. The zero-order chi connectivity index (χ0) is 27.0. The maximum absolute atomic E-state index is 12.5. The molecule has 0 unspecified atom stereocenters. The number of benzene rings is 2. The normalized spacial score (nSPS) is 15.9. The minimum absolute atomic E-state index is 0.0740. The van der Waals surface area contributed by atoms with Crippen molar-refractivity contribution in [3.8, 4) is 5.75 Å². The van der Waals surface area contributed by atoms with E-state index in [1.165, 1.54) is 20.7 Å². The molecule has 0 radical (unpaired) electrons. The highest BCUT2D eigenvalue weighted by molar-refractivity contribution is 7.17. The van der Waals surface area contributed by atoms with E-state index < -0.39 is 6.16 Å². The second kappa shape index (κ2) is 13.2. The molecule has 0 bridgehead atoms. The van der Waals surface area contributed by atoms with E-state index in [0.717, 1.165) is 62.6 Å². The number of hydrogen-bond donors (Lipinski definition) is 0. The topological polar surface area (TPSA) is 71.5 Å². The molecule has 2 aliphatic heterocycles. The first-order valence-corrected chi connectivity index (χ1v) is 14.8. The van der Waals surface area contributed by atoms with Crippen LogP contribution in [0.5, 0.6) is 5.75 Å². The third kappa shape index (κ3) is 6.83. The number of rotatable bonds is 11. The van der Waals surface area contributed by atoms with Crippen LogP contribution >= 0.6 is 11.3 Å². The first kappa shape index (κ1) is 27.3. The van der Waals surface area contributed by atoms with Gasteiger partial charge in [-0.25, -0.2) is 4.79 Å². The summed E-state index contributed by atoms with van der Waals surface area (Å²) >= 11 is 1.80. The lowest BCUT2D eigenvalue weighted by Crippen LogP contribution is -2.46. The minimum Gasteiger partial charge on any atom is -0.494 e. The molecule has 5 rings (SSSR count). The zero-order valence-corrected chi connectivity index (χ0v) is 23.4. The number of piperazine rings is 1. The Morgan fingerprint density at radius 2 is 1.82 bits per heavy atom. The summed E-state index contributed by atoms with van der Waals surface area (Å²) in [7, 11) is 0. The molecule has 2 aromatic carbocycles. The summed E-state index contributed by atoms with van der Waals surface area (Å²) in [5.74, 6) is 0.647. The van der Waals surface area contributed by atoms with Crippen LogP contribution in [0, 0.1) is 0 Å². The molecule has 3 aromatic rings. The van der Waals surface area contributed by atoms with Crippen molar-refractivity contribution in [2.24, 2.45) is 0 Å². The molecule has 8 nitrogen and oxygen atoms in total. The Labute approximate surface area is 234 Å². The van der Waals surface area contributed by atoms with E-state index in [4.69, 9.17) is 14.2 Å². The third-order valence-electron chi connectivity index (χ3n) is 7.32. The van der Waals surface area contributed by atoms with Gasteiger partial charge in [-0.2, -0.15) is 0 Å². The lowest BCUT2D eigenvalue weighted by molar-refractivity contribution is -0.119. The highest BCUT2D eigenvalue weighted by Crippen LogP contribution is 2.32. The molecule has 0 saturated carbocycles. The van der Waals surface area contributed by atoms with Crippen molar-refractivity contribution in [1.82, 2.24) is 4.90 Å². The molecule has 0 atom stereocenters. The fraction of sp³-hybridized carbons (Fsp3) is 0.467. The summed E-state index contributed by atoms with van der Waals surface area (Å²) < 4.78 is 17.5. The van der Waals surface area contributed by atoms with Gasteiger partial charge in [-0.1, -0.05) is 19.1 Å². The molecular formula is C30H37N3O5S. The van der Waals surface area contributed by atoms with Gasteiger partial charge in [0.05, 0.1) is 18.9 Å². The van der Waals surface area contributed by atoms with Crippen LogP contribution in [0.25, 0.3) is 10.1 Å². The fourth-order valence-corrected chi connectivity index (χ4v) is 5.99. The lowest BCUT2D eigenvalue weighted by atomic mass is 10.0. The quantitative estimate of drug-likeness (QED) is 0.224. The van der Waals surface area contributed by atoms with E-state index in [1.54, 1.807) is 11.3 Å².